The van der Waals surface area contributed by atoms with E-state index < -0.39 is 12.0 Å². The van der Waals surface area contributed by atoms with Gasteiger partial charge in [-0.2, -0.15) is 0 Å². The van der Waals surface area contributed by atoms with Gasteiger partial charge in [0, 0.05) is 17.2 Å². The number of urea groups is 1. The van der Waals surface area contributed by atoms with Gasteiger partial charge in [0.25, 0.3) is 0 Å². The lowest BCUT2D eigenvalue weighted by atomic mass is 10.3. The van der Waals surface area contributed by atoms with Gasteiger partial charge >= 0.3 is 12.0 Å². The lowest BCUT2D eigenvalue weighted by molar-refractivity contribution is -0.141. The summed E-state index contributed by atoms with van der Waals surface area (Å²) in [6.45, 7) is 2.38. The Bertz CT molecular complexity index is 450. The highest BCUT2D eigenvalue weighted by Gasteiger charge is 2.39. The van der Waals surface area contributed by atoms with E-state index in [1.54, 1.807) is 11.3 Å². The number of hydrogen-bond donors (Lipinski definition) is 2. The molecule has 104 valence electrons. The lowest BCUT2D eigenvalue weighted by Crippen LogP contribution is -2.49. The molecule has 2 atom stereocenters. The molecule has 0 radical (unpaired) electrons. The van der Waals surface area contributed by atoms with Crippen molar-refractivity contribution < 1.29 is 14.7 Å². The van der Waals surface area contributed by atoms with Crippen molar-refractivity contribution in [1.29, 1.82) is 0 Å². The molecule has 7 heteroatoms. The number of thiophene rings is 1. The Labute approximate surface area is 120 Å². The number of nitrogens with zero attached hydrogens (tertiary/aromatic N) is 1. The van der Waals surface area contributed by atoms with Gasteiger partial charge in [-0.15, -0.1) is 23.1 Å². The smallest absolute Gasteiger partial charge is 0.327 e. The fourth-order valence-corrected chi connectivity index (χ4v) is 3.86. The largest absolute Gasteiger partial charge is 0.480 e. The number of thioether (sulfide) groups is 1. The van der Waals surface area contributed by atoms with Gasteiger partial charge in [-0.25, -0.2) is 9.59 Å². The van der Waals surface area contributed by atoms with Crippen molar-refractivity contribution in [2.75, 3.05) is 12.3 Å². The molecule has 1 aliphatic rings. The summed E-state index contributed by atoms with van der Waals surface area (Å²) in [4.78, 5) is 25.8. The molecular formula is C12H16N2O3S2. The third-order valence-electron chi connectivity index (χ3n) is 2.97. The van der Waals surface area contributed by atoms with E-state index >= 15 is 0 Å². The molecule has 1 saturated heterocycles. The summed E-state index contributed by atoms with van der Waals surface area (Å²) in [5.74, 6) is -0.486. The molecule has 19 heavy (non-hydrogen) atoms. The van der Waals surface area contributed by atoms with Crippen molar-refractivity contribution in [3.8, 4) is 0 Å². The number of rotatable bonds is 4. The molecule has 1 aromatic heterocycles. The van der Waals surface area contributed by atoms with Crippen LogP contribution in [0.2, 0.25) is 0 Å². The number of carboxylic acids is 1. The van der Waals surface area contributed by atoms with E-state index in [-0.39, 0.29) is 11.4 Å². The highest BCUT2D eigenvalue weighted by atomic mass is 32.2. The van der Waals surface area contributed by atoms with Crippen LogP contribution >= 0.6 is 23.1 Å². The number of hydrogen-bond acceptors (Lipinski definition) is 4. The average Bonchev–Trinajstić information content (AvgIpc) is 2.98. The van der Waals surface area contributed by atoms with Crippen LogP contribution in [-0.2, 0) is 11.2 Å². The first-order valence-corrected chi connectivity index (χ1v) is 7.95. The van der Waals surface area contributed by atoms with Gasteiger partial charge in [-0.1, -0.05) is 6.07 Å². The second-order valence-corrected chi connectivity index (χ2v) is 6.64. The highest BCUT2D eigenvalue weighted by molar-refractivity contribution is 8.00. The molecule has 0 aromatic carbocycles. The molecule has 2 heterocycles. The Kier molecular flexibility index (Phi) is 4.71. The Morgan fingerprint density at radius 1 is 1.58 bits per heavy atom. The molecule has 0 spiro atoms. The van der Waals surface area contributed by atoms with Crippen LogP contribution in [0.3, 0.4) is 0 Å². The van der Waals surface area contributed by atoms with Gasteiger partial charge in [0.15, 0.2) is 0 Å². The van der Waals surface area contributed by atoms with Crippen LogP contribution < -0.4 is 5.32 Å². The van der Waals surface area contributed by atoms with Crippen molar-refractivity contribution in [1.82, 2.24) is 10.2 Å². The zero-order valence-corrected chi connectivity index (χ0v) is 12.2. The van der Waals surface area contributed by atoms with Crippen LogP contribution in [0.15, 0.2) is 17.5 Å². The van der Waals surface area contributed by atoms with Crippen LogP contribution in [-0.4, -0.2) is 45.7 Å². The minimum atomic E-state index is -0.940. The maximum atomic E-state index is 12.0. The second kappa shape index (κ2) is 6.29. The third kappa shape index (κ3) is 3.42. The second-order valence-electron chi connectivity index (χ2n) is 4.26. The molecule has 1 aliphatic heterocycles. The van der Waals surface area contributed by atoms with Gasteiger partial charge in [-0.05, 0) is 24.8 Å². The molecule has 2 unspecified atom stereocenters. The zero-order chi connectivity index (χ0) is 13.8. The first-order valence-electron chi connectivity index (χ1n) is 6.02. The summed E-state index contributed by atoms with van der Waals surface area (Å²) in [6.07, 6.45) is 0.774. The van der Waals surface area contributed by atoms with Crippen LogP contribution in [0.1, 0.15) is 11.8 Å². The van der Waals surface area contributed by atoms with E-state index in [1.807, 2.05) is 24.4 Å². The molecular weight excluding hydrogens is 284 g/mol. The molecule has 0 saturated carbocycles. The summed E-state index contributed by atoms with van der Waals surface area (Å²) >= 11 is 3.14. The van der Waals surface area contributed by atoms with Gasteiger partial charge in [-0.3, -0.25) is 4.90 Å². The number of carboxylic acid groups (broad SMARTS) is 1. The van der Waals surface area contributed by atoms with Crippen molar-refractivity contribution in [3.05, 3.63) is 22.4 Å². The molecule has 1 fully saturated rings. The quantitative estimate of drug-likeness (QED) is 0.890. The number of amides is 2. The normalized spacial score (nSPS) is 22.5. The monoisotopic (exact) mass is 300 g/mol. The molecule has 1 aromatic rings. The molecule has 2 N–H and O–H groups in total. The van der Waals surface area contributed by atoms with E-state index in [0.29, 0.717) is 12.3 Å². The van der Waals surface area contributed by atoms with Gasteiger partial charge in [0.2, 0.25) is 0 Å². The van der Waals surface area contributed by atoms with Gasteiger partial charge < -0.3 is 10.4 Å². The van der Waals surface area contributed by atoms with Crippen molar-refractivity contribution in [3.63, 3.8) is 0 Å². The maximum absolute atomic E-state index is 12.0. The number of carbonyl (C=O) groups is 2. The van der Waals surface area contributed by atoms with E-state index in [0.717, 1.165) is 6.42 Å². The molecule has 5 nitrogen and oxygen atoms in total. The van der Waals surface area contributed by atoms with E-state index in [9.17, 15) is 9.59 Å². The Morgan fingerprint density at radius 2 is 2.37 bits per heavy atom. The predicted octanol–water partition coefficient (Wildman–Crippen LogP) is 1.85. The summed E-state index contributed by atoms with van der Waals surface area (Å²) < 4.78 is 0. The summed E-state index contributed by atoms with van der Waals surface area (Å²) in [5.41, 5.74) is 0. The Hall–Kier alpha value is -1.21. The minimum Gasteiger partial charge on any atom is -0.480 e. The Balaban J connectivity index is 1.86. The summed E-state index contributed by atoms with van der Waals surface area (Å²) in [6, 6.07) is 2.98. The highest BCUT2D eigenvalue weighted by Crippen LogP contribution is 2.28. The number of aliphatic carboxylic acids is 1. The van der Waals surface area contributed by atoms with Crippen LogP contribution in [0, 0.1) is 0 Å². The van der Waals surface area contributed by atoms with Gasteiger partial charge in [0.1, 0.15) is 6.04 Å². The summed E-state index contributed by atoms with van der Waals surface area (Å²) in [7, 11) is 0. The van der Waals surface area contributed by atoms with Gasteiger partial charge in [0.05, 0.1) is 5.37 Å². The molecule has 2 amide bonds. The Morgan fingerprint density at radius 3 is 3.00 bits per heavy atom. The van der Waals surface area contributed by atoms with E-state index in [4.69, 9.17) is 5.11 Å². The van der Waals surface area contributed by atoms with Crippen molar-refractivity contribution in [2.45, 2.75) is 24.8 Å². The lowest BCUT2D eigenvalue weighted by Gasteiger charge is -2.25. The zero-order valence-electron chi connectivity index (χ0n) is 10.5. The predicted molar refractivity (Wildman–Crippen MR) is 76.6 cm³/mol. The SMILES string of the molecule is CC1SCC(C(=O)O)N1C(=O)NCCc1cccs1. The molecule has 0 bridgehead atoms. The summed E-state index contributed by atoms with van der Waals surface area (Å²) in [5, 5.41) is 13.8. The van der Waals surface area contributed by atoms with E-state index in [2.05, 4.69) is 5.32 Å². The standard InChI is InChI=1S/C12H16N2O3S2/c1-8-14(10(7-19-8)11(15)16)12(17)13-5-4-9-3-2-6-18-9/h2-3,6,8,10H,4-5,7H2,1H3,(H,13,17)(H,15,16). The maximum Gasteiger partial charge on any atom is 0.327 e. The van der Waals surface area contributed by atoms with Crippen LogP contribution in [0.4, 0.5) is 4.79 Å². The van der Waals surface area contributed by atoms with Crippen LogP contribution in [0.25, 0.3) is 0 Å². The number of carbonyl (C=O) groups excluding carboxylic acids is 1. The third-order valence-corrected chi connectivity index (χ3v) is 5.12. The van der Waals surface area contributed by atoms with Crippen molar-refractivity contribution >= 4 is 35.1 Å². The molecule has 2 rings (SSSR count). The topological polar surface area (TPSA) is 69.6 Å². The minimum absolute atomic E-state index is 0.0946. The number of nitrogens with one attached hydrogen (secondary N) is 1. The van der Waals surface area contributed by atoms with Crippen LogP contribution in [0.5, 0.6) is 0 Å². The molecule has 0 aliphatic carbocycles. The first kappa shape index (κ1) is 14.2. The fraction of sp³-hybridized carbons (Fsp3) is 0.500. The fourth-order valence-electron chi connectivity index (χ4n) is 1.98. The van der Waals surface area contributed by atoms with E-state index in [1.165, 1.54) is 21.5 Å². The van der Waals surface area contributed by atoms with Crippen molar-refractivity contribution in [2.24, 2.45) is 0 Å². The first-order chi connectivity index (χ1) is 9.09. The average molecular weight is 300 g/mol.